The van der Waals surface area contributed by atoms with Gasteiger partial charge in [0.15, 0.2) is 0 Å². The van der Waals surface area contributed by atoms with E-state index in [9.17, 15) is 14.4 Å². The highest BCUT2D eigenvalue weighted by Gasteiger charge is 2.52. The lowest BCUT2D eigenvalue weighted by Gasteiger charge is -2.30. The monoisotopic (exact) mass is 782 g/mol. The summed E-state index contributed by atoms with van der Waals surface area (Å²) in [6.07, 6.45) is 9.96. The molecule has 58 heavy (non-hydrogen) atoms. The number of aromatic amines is 2. The topological polar surface area (TPSA) is 158 Å². The second-order valence-electron chi connectivity index (χ2n) is 16.9. The van der Waals surface area contributed by atoms with E-state index in [1.165, 1.54) is 7.11 Å². The number of H-pyrrole nitrogens is 2. The van der Waals surface area contributed by atoms with Gasteiger partial charge in [0, 0.05) is 30.9 Å². The Morgan fingerprint density at radius 2 is 1.40 bits per heavy atom. The average Bonchev–Trinajstić information content (AvgIpc) is 4.10. The number of pyridine rings is 1. The molecular weight excluding hydrogens is 729 g/mol. The fraction of sp³-hybridized carbons (Fsp3) is 0.435. The van der Waals surface area contributed by atoms with Crippen LogP contribution in [-0.2, 0) is 20.9 Å². The van der Waals surface area contributed by atoms with Crippen molar-refractivity contribution in [2.75, 3.05) is 13.7 Å². The fourth-order valence-electron chi connectivity index (χ4n) is 9.43. The van der Waals surface area contributed by atoms with Crippen LogP contribution < -0.4 is 10.6 Å². The summed E-state index contributed by atoms with van der Waals surface area (Å²) in [7, 11) is 1.30. The molecule has 4 heterocycles. The third kappa shape index (κ3) is 7.88. The molecule has 2 aliphatic carbocycles. The van der Waals surface area contributed by atoms with Gasteiger partial charge >= 0.3 is 6.09 Å². The third-order valence-electron chi connectivity index (χ3n) is 12.6. The number of alkyl carbamates (subject to hydrolysis) is 1. The number of benzene rings is 2. The molecule has 1 aliphatic heterocycles. The molecule has 1 saturated heterocycles. The lowest BCUT2D eigenvalue weighted by atomic mass is 9.78. The maximum Gasteiger partial charge on any atom is 0.407 e. The number of nitrogens with one attached hydrogen (secondary N) is 4. The van der Waals surface area contributed by atoms with Gasteiger partial charge in [0.1, 0.15) is 17.7 Å². The molecule has 2 bridgehead atoms. The number of fused-ring (bicyclic) bond motifs is 2. The molecule has 0 spiro atoms. The highest BCUT2D eigenvalue weighted by atomic mass is 16.5. The Labute approximate surface area is 340 Å². The second kappa shape index (κ2) is 16.6. The number of carbonyl (C=O) groups is 3. The van der Waals surface area contributed by atoms with E-state index in [1.807, 2.05) is 43.4 Å². The molecule has 302 valence electrons. The van der Waals surface area contributed by atoms with Crippen LogP contribution in [0.3, 0.4) is 0 Å². The molecule has 3 fully saturated rings. The Kier molecular flexibility index (Phi) is 11.2. The molecule has 2 aromatic carbocycles. The summed E-state index contributed by atoms with van der Waals surface area (Å²) in [6.45, 7) is 9.17. The molecule has 3 aliphatic rings. The summed E-state index contributed by atoms with van der Waals surface area (Å²) in [5.41, 5.74) is 8.13. The zero-order chi connectivity index (χ0) is 40.5. The van der Waals surface area contributed by atoms with E-state index in [0.717, 1.165) is 88.7 Å². The van der Waals surface area contributed by atoms with Gasteiger partial charge in [0.05, 0.1) is 42.9 Å². The summed E-state index contributed by atoms with van der Waals surface area (Å²) >= 11 is 0. The SMILES string of the molecule is COC(=O)N[C@H](C(=O)N1CCC[C@H]1c1ncc(-c2ccc(-c3ccc(-c4cnc(C5C6CCC(C6)C5C(=O)NCc5ccc(C(C)C)nc5)[nH]4)cc3)cc2)[nH]1)C(C)C. The lowest BCUT2D eigenvalue weighted by Crippen LogP contribution is -2.51. The first-order valence-electron chi connectivity index (χ1n) is 20.8. The smallest absolute Gasteiger partial charge is 0.407 e. The van der Waals surface area contributed by atoms with E-state index in [1.54, 1.807) is 0 Å². The first kappa shape index (κ1) is 39.1. The predicted molar refractivity (Wildman–Crippen MR) is 222 cm³/mol. The molecule has 8 rings (SSSR count). The molecule has 3 amide bonds. The minimum absolute atomic E-state index is 0.0831. The van der Waals surface area contributed by atoms with Crippen molar-refractivity contribution >= 4 is 17.9 Å². The average molecular weight is 783 g/mol. The van der Waals surface area contributed by atoms with Crippen molar-refractivity contribution in [3.05, 3.63) is 102 Å². The van der Waals surface area contributed by atoms with E-state index in [0.29, 0.717) is 30.8 Å². The van der Waals surface area contributed by atoms with Crippen LogP contribution in [0.1, 0.15) is 101 Å². The van der Waals surface area contributed by atoms with Gasteiger partial charge in [-0.3, -0.25) is 14.6 Å². The highest BCUT2D eigenvalue weighted by molar-refractivity contribution is 5.86. The molecule has 5 aromatic rings. The van der Waals surface area contributed by atoms with E-state index in [4.69, 9.17) is 14.7 Å². The standard InChI is InChI=1S/C46H54N8O4/c1-26(2)35-19-8-28(22-47-35)23-50-44(55)40-34-18-17-33(21-34)39(40)43-49-25-37(52-43)32-15-11-30(12-16-32)29-9-13-31(14-10-29)36-24-48-42(51-36)38-7-6-20-54(38)45(56)41(27(3)4)53-46(57)58-5/h8-16,19,22,24-27,33-34,38-41H,6-7,17-18,20-21,23H2,1-5H3,(H,48,51)(H,49,52)(H,50,55)(H,53,57)/t33?,34?,38-,39?,40?,41-/m0/s1. The molecule has 4 unspecified atom stereocenters. The van der Waals surface area contributed by atoms with Gasteiger partial charge in [0.25, 0.3) is 0 Å². The number of imidazole rings is 2. The van der Waals surface area contributed by atoms with Crippen LogP contribution in [0.4, 0.5) is 4.79 Å². The van der Waals surface area contributed by atoms with Crippen LogP contribution in [-0.4, -0.2) is 67.4 Å². The van der Waals surface area contributed by atoms with Crippen LogP contribution in [0.2, 0.25) is 0 Å². The maximum absolute atomic E-state index is 13.7. The number of likely N-dealkylation sites (tertiary alicyclic amines) is 1. The van der Waals surface area contributed by atoms with Gasteiger partial charge in [-0.2, -0.15) is 0 Å². The van der Waals surface area contributed by atoms with Crippen molar-refractivity contribution < 1.29 is 19.1 Å². The van der Waals surface area contributed by atoms with E-state index >= 15 is 0 Å². The lowest BCUT2D eigenvalue weighted by molar-refractivity contribution is -0.135. The van der Waals surface area contributed by atoms with Crippen LogP contribution in [0.15, 0.2) is 79.3 Å². The van der Waals surface area contributed by atoms with Gasteiger partial charge in [-0.15, -0.1) is 0 Å². The van der Waals surface area contributed by atoms with Gasteiger partial charge < -0.3 is 30.2 Å². The number of amides is 3. The van der Waals surface area contributed by atoms with Crippen LogP contribution in [0.5, 0.6) is 0 Å². The second-order valence-corrected chi connectivity index (χ2v) is 16.9. The molecule has 0 radical (unpaired) electrons. The molecule has 12 nitrogen and oxygen atoms in total. The summed E-state index contributed by atoms with van der Waals surface area (Å²) in [6, 6.07) is 20.1. The Morgan fingerprint density at radius 3 is 2.00 bits per heavy atom. The number of carbonyl (C=O) groups excluding carboxylic acids is 3. The quantitative estimate of drug-likeness (QED) is 0.0995. The zero-order valence-electron chi connectivity index (χ0n) is 34.0. The minimum atomic E-state index is -0.678. The molecule has 2 saturated carbocycles. The number of aromatic nitrogens is 5. The van der Waals surface area contributed by atoms with Gasteiger partial charge in [-0.1, -0.05) is 82.3 Å². The number of hydrogen-bond donors (Lipinski definition) is 4. The van der Waals surface area contributed by atoms with E-state index in [2.05, 4.69) is 94.0 Å². The molecule has 4 N–H and O–H groups in total. The largest absolute Gasteiger partial charge is 0.453 e. The van der Waals surface area contributed by atoms with Gasteiger partial charge in [-0.05, 0) is 89.7 Å². The van der Waals surface area contributed by atoms with Gasteiger partial charge in [-0.25, -0.2) is 14.8 Å². The maximum atomic E-state index is 13.7. The van der Waals surface area contributed by atoms with Crippen molar-refractivity contribution in [1.82, 2.24) is 40.5 Å². The third-order valence-corrected chi connectivity index (χ3v) is 12.6. The Hall–Kier alpha value is -5.78. The van der Waals surface area contributed by atoms with E-state index in [-0.39, 0.29) is 35.6 Å². The summed E-state index contributed by atoms with van der Waals surface area (Å²) in [5.74, 6) is 2.77. The number of nitrogens with zero attached hydrogens (tertiary/aromatic N) is 4. The summed E-state index contributed by atoms with van der Waals surface area (Å²) in [5, 5.41) is 5.93. The zero-order valence-corrected chi connectivity index (χ0v) is 34.0. The number of methoxy groups -OCH3 is 1. The normalized spacial score (nSPS) is 21.8. The van der Waals surface area contributed by atoms with Crippen molar-refractivity contribution in [2.24, 2.45) is 23.7 Å². The van der Waals surface area contributed by atoms with Crippen molar-refractivity contribution in [3.8, 4) is 33.6 Å². The van der Waals surface area contributed by atoms with Crippen LogP contribution in [0, 0.1) is 23.7 Å². The van der Waals surface area contributed by atoms with Crippen molar-refractivity contribution in [1.29, 1.82) is 0 Å². The van der Waals surface area contributed by atoms with Crippen LogP contribution in [0.25, 0.3) is 33.6 Å². The van der Waals surface area contributed by atoms with Crippen molar-refractivity contribution in [3.63, 3.8) is 0 Å². The number of hydrogen-bond acceptors (Lipinski definition) is 7. The van der Waals surface area contributed by atoms with Gasteiger partial charge in [0.2, 0.25) is 11.8 Å². The first-order valence-corrected chi connectivity index (χ1v) is 20.8. The molecule has 6 atom stereocenters. The Bertz CT molecular complexity index is 2230. The first-order chi connectivity index (χ1) is 28.1. The predicted octanol–water partition coefficient (Wildman–Crippen LogP) is 8.14. The minimum Gasteiger partial charge on any atom is -0.453 e. The highest BCUT2D eigenvalue weighted by Crippen LogP contribution is 2.56. The number of rotatable bonds is 12. The summed E-state index contributed by atoms with van der Waals surface area (Å²) < 4.78 is 4.77. The molecular formula is C46H54N8O4. The Balaban J connectivity index is 0.907. The van der Waals surface area contributed by atoms with Crippen molar-refractivity contribution in [2.45, 2.75) is 90.3 Å². The Morgan fingerprint density at radius 1 is 0.776 bits per heavy atom. The fourth-order valence-corrected chi connectivity index (χ4v) is 9.43. The molecule has 3 aromatic heterocycles. The molecule has 12 heteroatoms. The van der Waals surface area contributed by atoms with E-state index < -0.39 is 12.1 Å². The number of ether oxygens (including phenoxy) is 1. The summed E-state index contributed by atoms with van der Waals surface area (Å²) in [4.78, 5) is 62.2. The van der Waals surface area contributed by atoms with Crippen LogP contribution >= 0.6 is 0 Å².